The van der Waals surface area contributed by atoms with Crippen LogP contribution in [0.5, 0.6) is 0 Å². The molecule has 0 fully saturated rings. The molecule has 0 aliphatic rings. The lowest BCUT2D eigenvalue weighted by atomic mass is 9.91. The second-order valence-electron chi connectivity index (χ2n) is 5.20. The molecule has 1 unspecified atom stereocenters. The van der Waals surface area contributed by atoms with E-state index in [1.54, 1.807) is 0 Å². The molecule has 1 atom stereocenters. The van der Waals surface area contributed by atoms with Crippen molar-refractivity contribution in [2.75, 3.05) is 0 Å². The van der Waals surface area contributed by atoms with Crippen LogP contribution in [0.25, 0.3) is 10.9 Å². The third-order valence-corrected chi connectivity index (χ3v) is 3.12. The summed E-state index contributed by atoms with van der Waals surface area (Å²) in [5, 5.41) is 1.10. The summed E-state index contributed by atoms with van der Waals surface area (Å²) in [6.45, 7) is 5.75. The van der Waals surface area contributed by atoms with Gasteiger partial charge < -0.3 is 11.5 Å². The van der Waals surface area contributed by atoms with Crippen molar-refractivity contribution in [3.63, 3.8) is 0 Å². The van der Waals surface area contributed by atoms with Crippen molar-refractivity contribution >= 4 is 22.5 Å². The molecule has 0 radical (unpaired) electrons. The summed E-state index contributed by atoms with van der Waals surface area (Å²) in [6, 6.07) is 5.50. The molecule has 18 heavy (non-hydrogen) atoms. The van der Waals surface area contributed by atoms with Gasteiger partial charge in [0.1, 0.15) is 0 Å². The van der Waals surface area contributed by atoms with Crippen molar-refractivity contribution < 1.29 is 0 Å². The van der Waals surface area contributed by atoms with Gasteiger partial charge in [-0.05, 0) is 44.5 Å². The van der Waals surface area contributed by atoms with Gasteiger partial charge in [-0.2, -0.15) is 0 Å². The Balaban J connectivity index is 2.72. The molecule has 0 saturated carbocycles. The Bertz CT molecular complexity index is 589. The van der Waals surface area contributed by atoms with E-state index in [0.717, 1.165) is 16.5 Å². The SMILES string of the molecule is Cc1ccc2nc(Cl)nc(C(N)C(C)(C)N)c2c1. The van der Waals surface area contributed by atoms with Crippen LogP contribution in [0.2, 0.25) is 5.28 Å². The highest BCUT2D eigenvalue weighted by atomic mass is 35.5. The largest absolute Gasteiger partial charge is 0.324 e. The molecule has 0 amide bonds. The summed E-state index contributed by atoms with van der Waals surface area (Å²) >= 11 is 5.94. The van der Waals surface area contributed by atoms with E-state index in [-0.39, 0.29) is 5.28 Å². The summed E-state index contributed by atoms with van der Waals surface area (Å²) in [7, 11) is 0. The van der Waals surface area contributed by atoms with E-state index in [9.17, 15) is 0 Å². The maximum atomic E-state index is 6.18. The first-order chi connectivity index (χ1) is 8.29. The highest BCUT2D eigenvalue weighted by Crippen LogP contribution is 2.27. The summed E-state index contributed by atoms with van der Waals surface area (Å²) in [5.74, 6) is 0. The topological polar surface area (TPSA) is 77.8 Å². The van der Waals surface area contributed by atoms with Crippen molar-refractivity contribution in [3.8, 4) is 0 Å². The lowest BCUT2D eigenvalue weighted by Gasteiger charge is -2.27. The number of hydrogen-bond donors (Lipinski definition) is 2. The highest BCUT2D eigenvalue weighted by Gasteiger charge is 2.26. The van der Waals surface area contributed by atoms with Crippen molar-refractivity contribution in [1.82, 2.24) is 9.97 Å². The molecule has 0 bridgehead atoms. The van der Waals surface area contributed by atoms with E-state index in [1.165, 1.54) is 0 Å². The standard InChI is InChI=1S/C13H17ClN4/c1-7-4-5-9-8(6-7)10(18-12(14)17-9)11(15)13(2,3)16/h4-6,11H,15-16H2,1-3H3. The van der Waals surface area contributed by atoms with Gasteiger partial charge >= 0.3 is 0 Å². The minimum atomic E-state index is -0.575. The second-order valence-corrected chi connectivity index (χ2v) is 5.54. The molecule has 96 valence electrons. The predicted octanol–water partition coefficient (Wildman–Crippen LogP) is 2.33. The smallest absolute Gasteiger partial charge is 0.223 e. The molecule has 2 rings (SSSR count). The minimum Gasteiger partial charge on any atom is -0.324 e. The maximum absolute atomic E-state index is 6.18. The molecule has 4 N–H and O–H groups in total. The van der Waals surface area contributed by atoms with Gasteiger partial charge in [-0.1, -0.05) is 11.6 Å². The Hall–Kier alpha value is -1.23. The van der Waals surface area contributed by atoms with Crippen molar-refractivity contribution in [1.29, 1.82) is 0 Å². The van der Waals surface area contributed by atoms with E-state index >= 15 is 0 Å². The lowest BCUT2D eigenvalue weighted by molar-refractivity contribution is 0.415. The number of nitrogens with zero attached hydrogens (tertiary/aromatic N) is 2. The van der Waals surface area contributed by atoms with E-state index in [0.29, 0.717) is 5.69 Å². The zero-order valence-electron chi connectivity index (χ0n) is 10.7. The Morgan fingerprint density at radius 1 is 1.28 bits per heavy atom. The van der Waals surface area contributed by atoms with Crippen LogP contribution in [-0.2, 0) is 0 Å². The van der Waals surface area contributed by atoms with Crippen molar-refractivity contribution in [2.45, 2.75) is 32.4 Å². The molecule has 4 nitrogen and oxygen atoms in total. The summed E-state index contributed by atoms with van der Waals surface area (Å²) in [5.41, 5.74) is 14.3. The van der Waals surface area contributed by atoms with Crippen LogP contribution in [0.4, 0.5) is 0 Å². The van der Waals surface area contributed by atoms with Gasteiger partial charge in [0.2, 0.25) is 5.28 Å². The number of aromatic nitrogens is 2. The third kappa shape index (κ3) is 2.46. The Morgan fingerprint density at radius 2 is 1.94 bits per heavy atom. The van der Waals surface area contributed by atoms with Gasteiger partial charge in [-0.3, -0.25) is 0 Å². The molecular weight excluding hydrogens is 248 g/mol. The molecule has 5 heteroatoms. The first-order valence-electron chi connectivity index (χ1n) is 5.77. The zero-order chi connectivity index (χ0) is 13.5. The van der Waals surface area contributed by atoms with Crippen LogP contribution in [0.15, 0.2) is 18.2 Å². The van der Waals surface area contributed by atoms with Crippen LogP contribution in [0.3, 0.4) is 0 Å². The molecule has 2 aromatic rings. The molecule has 0 saturated heterocycles. The lowest BCUT2D eigenvalue weighted by Crippen LogP contribution is -2.44. The molecule has 1 aromatic heterocycles. The average molecular weight is 265 g/mol. The fourth-order valence-corrected chi connectivity index (χ4v) is 2.01. The van der Waals surface area contributed by atoms with Crippen LogP contribution >= 0.6 is 11.6 Å². The fraction of sp³-hybridized carbons (Fsp3) is 0.385. The summed E-state index contributed by atoms with van der Waals surface area (Å²) in [6.07, 6.45) is 0. The minimum absolute atomic E-state index is 0.195. The van der Waals surface area contributed by atoms with Crippen LogP contribution < -0.4 is 11.5 Å². The predicted molar refractivity (Wildman–Crippen MR) is 74.5 cm³/mol. The monoisotopic (exact) mass is 264 g/mol. The van der Waals surface area contributed by atoms with Gasteiger partial charge in [0.25, 0.3) is 0 Å². The van der Waals surface area contributed by atoms with Crippen LogP contribution in [-0.4, -0.2) is 15.5 Å². The van der Waals surface area contributed by atoms with E-state index in [4.69, 9.17) is 23.1 Å². The summed E-state index contributed by atoms with van der Waals surface area (Å²) in [4.78, 5) is 8.46. The first-order valence-corrected chi connectivity index (χ1v) is 6.15. The van der Waals surface area contributed by atoms with Gasteiger partial charge in [-0.15, -0.1) is 0 Å². The van der Waals surface area contributed by atoms with E-state index in [1.807, 2.05) is 39.0 Å². The van der Waals surface area contributed by atoms with E-state index in [2.05, 4.69) is 9.97 Å². The molecule has 1 heterocycles. The van der Waals surface area contributed by atoms with Crippen molar-refractivity contribution in [2.24, 2.45) is 11.5 Å². The Kier molecular flexibility index (Phi) is 3.27. The first kappa shape index (κ1) is 13.2. The average Bonchev–Trinajstić information content (AvgIpc) is 2.26. The van der Waals surface area contributed by atoms with Crippen LogP contribution in [0.1, 0.15) is 31.1 Å². The second kappa shape index (κ2) is 4.46. The van der Waals surface area contributed by atoms with E-state index < -0.39 is 11.6 Å². The van der Waals surface area contributed by atoms with Gasteiger partial charge in [0, 0.05) is 10.9 Å². The van der Waals surface area contributed by atoms with Gasteiger partial charge in [-0.25, -0.2) is 9.97 Å². The number of rotatable bonds is 2. The quantitative estimate of drug-likeness (QED) is 0.816. The Labute approximate surface area is 111 Å². The molecule has 0 aliphatic heterocycles. The number of aryl methyl sites for hydroxylation is 1. The number of hydrogen-bond acceptors (Lipinski definition) is 4. The zero-order valence-corrected chi connectivity index (χ0v) is 11.5. The van der Waals surface area contributed by atoms with Crippen molar-refractivity contribution in [3.05, 3.63) is 34.7 Å². The molecule has 1 aromatic carbocycles. The van der Waals surface area contributed by atoms with Gasteiger partial charge in [0.05, 0.1) is 17.3 Å². The number of fused-ring (bicyclic) bond motifs is 1. The molecule has 0 aliphatic carbocycles. The van der Waals surface area contributed by atoms with Crippen LogP contribution in [0, 0.1) is 6.92 Å². The number of benzene rings is 1. The summed E-state index contributed by atoms with van der Waals surface area (Å²) < 4.78 is 0. The van der Waals surface area contributed by atoms with Gasteiger partial charge in [0.15, 0.2) is 0 Å². The third-order valence-electron chi connectivity index (χ3n) is 2.95. The molecular formula is C13H17ClN4. The highest BCUT2D eigenvalue weighted by molar-refractivity contribution is 6.28. The fourth-order valence-electron chi connectivity index (χ4n) is 1.83. The Morgan fingerprint density at radius 3 is 2.56 bits per heavy atom. The maximum Gasteiger partial charge on any atom is 0.223 e. The number of nitrogens with two attached hydrogens (primary N) is 2. The normalized spacial score (nSPS) is 13.9. The number of halogens is 1. The molecule has 0 spiro atoms.